The molecular formula is C18H23FN2. The van der Waals surface area contributed by atoms with Gasteiger partial charge in [0.05, 0.1) is 6.04 Å². The zero-order valence-electron chi connectivity index (χ0n) is 13.2. The minimum absolute atomic E-state index is 0.0341. The molecule has 2 N–H and O–H groups in total. The van der Waals surface area contributed by atoms with Crippen molar-refractivity contribution < 1.29 is 4.39 Å². The molecule has 2 aromatic rings. The third kappa shape index (κ3) is 3.42. The molecule has 0 saturated carbocycles. The van der Waals surface area contributed by atoms with Crippen LogP contribution in [0.2, 0.25) is 0 Å². The first-order chi connectivity index (χ1) is 9.92. The fraction of sp³-hybridized carbons (Fsp3) is 0.333. The van der Waals surface area contributed by atoms with Gasteiger partial charge in [-0.3, -0.25) is 0 Å². The predicted molar refractivity (Wildman–Crippen MR) is 87.3 cm³/mol. The molecular weight excluding hydrogens is 263 g/mol. The van der Waals surface area contributed by atoms with Crippen LogP contribution in [0.15, 0.2) is 36.4 Å². The van der Waals surface area contributed by atoms with Crippen LogP contribution >= 0.6 is 0 Å². The maximum Gasteiger partial charge on any atom is 0.123 e. The summed E-state index contributed by atoms with van der Waals surface area (Å²) < 4.78 is 13.3. The smallest absolute Gasteiger partial charge is 0.123 e. The highest BCUT2D eigenvalue weighted by molar-refractivity contribution is 5.53. The van der Waals surface area contributed by atoms with E-state index in [0.717, 1.165) is 16.8 Å². The second-order valence-corrected chi connectivity index (χ2v) is 5.71. The van der Waals surface area contributed by atoms with Gasteiger partial charge in [-0.15, -0.1) is 0 Å². The molecule has 1 atom stereocenters. The average molecular weight is 286 g/mol. The molecule has 0 saturated heterocycles. The number of hydrogen-bond donors (Lipinski definition) is 1. The maximum absolute atomic E-state index is 13.3. The Kier molecular flexibility index (Phi) is 4.63. The standard InChI is InChI=1S/C18H23FN2/c1-12-7-13(2)9-16(8-12)21(4)18(11-20)17-6-5-15(19)10-14(17)3/h5-10,18H,11,20H2,1-4H3. The molecule has 0 aromatic heterocycles. The van der Waals surface area contributed by atoms with Crippen molar-refractivity contribution in [3.63, 3.8) is 0 Å². The summed E-state index contributed by atoms with van der Waals surface area (Å²) in [7, 11) is 2.04. The third-order valence-electron chi connectivity index (χ3n) is 3.90. The number of anilines is 1. The van der Waals surface area contributed by atoms with Crippen LogP contribution in [-0.2, 0) is 0 Å². The Morgan fingerprint density at radius 3 is 2.19 bits per heavy atom. The molecule has 2 aromatic carbocycles. The molecule has 112 valence electrons. The van der Waals surface area contributed by atoms with E-state index in [2.05, 4.69) is 36.9 Å². The van der Waals surface area contributed by atoms with E-state index in [1.54, 1.807) is 6.07 Å². The van der Waals surface area contributed by atoms with Gasteiger partial charge < -0.3 is 10.6 Å². The van der Waals surface area contributed by atoms with Gasteiger partial charge in [0.2, 0.25) is 0 Å². The number of aryl methyl sites for hydroxylation is 3. The molecule has 21 heavy (non-hydrogen) atoms. The van der Waals surface area contributed by atoms with E-state index < -0.39 is 0 Å². The van der Waals surface area contributed by atoms with Gasteiger partial charge in [0, 0.05) is 19.3 Å². The predicted octanol–water partition coefficient (Wildman–Crippen LogP) is 3.89. The summed E-state index contributed by atoms with van der Waals surface area (Å²) in [6.45, 7) is 6.59. The highest BCUT2D eigenvalue weighted by atomic mass is 19.1. The number of nitrogens with zero attached hydrogens (tertiary/aromatic N) is 1. The molecule has 0 bridgehead atoms. The van der Waals surface area contributed by atoms with E-state index in [4.69, 9.17) is 5.73 Å². The van der Waals surface area contributed by atoms with Crippen molar-refractivity contribution in [1.82, 2.24) is 0 Å². The number of rotatable bonds is 4. The Morgan fingerprint density at radius 1 is 1.05 bits per heavy atom. The van der Waals surface area contributed by atoms with Gasteiger partial charge in [-0.05, 0) is 67.3 Å². The van der Waals surface area contributed by atoms with Crippen LogP contribution in [0.3, 0.4) is 0 Å². The van der Waals surface area contributed by atoms with Gasteiger partial charge in [-0.1, -0.05) is 12.1 Å². The van der Waals surface area contributed by atoms with Gasteiger partial charge in [0.1, 0.15) is 5.82 Å². The summed E-state index contributed by atoms with van der Waals surface area (Å²) in [5, 5.41) is 0. The van der Waals surface area contributed by atoms with E-state index in [-0.39, 0.29) is 11.9 Å². The second-order valence-electron chi connectivity index (χ2n) is 5.71. The summed E-state index contributed by atoms with van der Waals surface area (Å²) in [6, 6.07) is 11.4. The first-order valence-corrected chi connectivity index (χ1v) is 7.19. The zero-order valence-corrected chi connectivity index (χ0v) is 13.2. The van der Waals surface area contributed by atoms with E-state index >= 15 is 0 Å². The molecule has 0 aliphatic rings. The van der Waals surface area contributed by atoms with Crippen molar-refractivity contribution in [1.29, 1.82) is 0 Å². The Labute approximate surface area is 126 Å². The van der Waals surface area contributed by atoms with Crippen molar-refractivity contribution >= 4 is 5.69 Å². The molecule has 0 radical (unpaired) electrons. The lowest BCUT2D eigenvalue weighted by Gasteiger charge is -2.31. The van der Waals surface area contributed by atoms with Gasteiger partial charge in [0.25, 0.3) is 0 Å². The quantitative estimate of drug-likeness (QED) is 0.924. The normalized spacial score (nSPS) is 12.3. The molecule has 2 nitrogen and oxygen atoms in total. The molecule has 0 amide bonds. The first-order valence-electron chi connectivity index (χ1n) is 7.19. The largest absolute Gasteiger partial charge is 0.366 e. The second kappa shape index (κ2) is 6.27. The lowest BCUT2D eigenvalue weighted by Crippen LogP contribution is -2.31. The van der Waals surface area contributed by atoms with Crippen LogP contribution in [-0.4, -0.2) is 13.6 Å². The van der Waals surface area contributed by atoms with Gasteiger partial charge in [-0.2, -0.15) is 0 Å². The van der Waals surface area contributed by atoms with E-state index in [1.165, 1.54) is 17.2 Å². The summed E-state index contributed by atoms with van der Waals surface area (Å²) in [5.74, 6) is -0.207. The van der Waals surface area contributed by atoms with Crippen LogP contribution in [0.4, 0.5) is 10.1 Å². The molecule has 0 aliphatic heterocycles. The molecule has 2 rings (SSSR count). The van der Waals surface area contributed by atoms with E-state index in [1.807, 2.05) is 20.0 Å². The zero-order chi connectivity index (χ0) is 15.6. The Morgan fingerprint density at radius 2 is 1.67 bits per heavy atom. The summed E-state index contributed by atoms with van der Waals surface area (Å²) in [5.41, 5.74) is 11.6. The number of nitrogens with two attached hydrogens (primary N) is 1. The van der Waals surface area contributed by atoms with Crippen molar-refractivity contribution in [2.24, 2.45) is 5.73 Å². The van der Waals surface area contributed by atoms with Crippen LogP contribution in [0, 0.1) is 26.6 Å². The number of likely N-dealkylation sites (N-methyl/N-ethyl adjacent to an activating group) is 1. The molecule has 0 fully saturated rings. The summed E-state index contributed by atoms with van der Waals surface area (Å²) in [4.78, 5) is 2.17. The molecule has 0 spiro atoms. The van der Waals surface area contributed by atoms with Crippen LogP contribution in [0.25, 0.3) is 0 Å². The van der Waals surface area contributed by atoms with Crippen molar-refractivity contribution in [2.45, 2.75) is 26.8 Å². The maximum atomic E-state index is 13.3. The number of benzene rings is 2. The highest BCUT2D eigenvalue weighted by Gasteiger charge is 2.18. The Hall–Kier alpha value is -1.87. The monoisotopic (exact) mass is 286 g/mol. The molecule has 3 heteroatoms. The van der Waals surface area contributed by atoms with Crippen molar-refractivity contribution in [3.8, 4) is 0 Å². The van der Waals surface area contributed by atoms with Gasteiger partial charge in [-0.25, -0.2) is 4.39 Å². The topological polar surface area (TPSA) is 29.3 Å². The van der Waals surface area contributed by atoms with Gasteiger partial charge in [0.15, 0.2) is 0 Å². The van der Waals surface area contributed by atoms with E-state index in [0.29, 0.717) is 6.54 Å². The molecule has 0 heterocycles. The Balaban J connectivity index is 2.40. The van der Waals surface area contributed by atoms with Crippen LogP contribution in [0.5, 0.6) is 0 Å². The molecule has 0 aliphatic carbocycles. The molecule has 1 unspecified atom stereocenters. The summed E-state index contributed by atoms with van der Waals surface area (Å²) in [6.07, 6.45) is 0. The third-order valence-corrected chi connectivity index (χ3v) is 3.90. The lowest BCUT2D eigenvalue weighted by atomic mass is 9.99. The van der Waals surface area contributed by atoms with E-state index in [9.17, 15) is 4.39 Å². The van der Waals surface area contributed by atoms with Crippen molar-refractivity contribution in [2.75, 3.05) is 18.5 Å². The first kappa shape index (κ1) is 15.5. The minimum Gasteiger partial charge on any atom is -0.366 e. The summed E-state index contributed by atoms with van der Waals surface area (Å²) >= 11 is 0. The van der Waals surface area contributed by atoms with Crippen molar-refractivity contribution in [3.05, 3.63) is 64.5 Å². The fourth-order valence-corrected chi connectivity index (χ4v) is 2.84. The fourth-order valence-electron chi connectivity index (χ4n) is 2.84. The minimum atomic E-state index is -0.207. The highest BCUT2D eigenvalue weighted by Crippen LogP contribution is 2.28. The van der Waals surface area contributed by atoms with Crippen LogP contribution in [0.1, 0.15) is 28.3 Å². The number of hydrogen-bond acceptors (Lipinski definition) is 2. The SMILES string of the molecule is Cc1cc(C)cc(N(C)C(CN)c2ccc(F)cc2C)c1. The number of halogens is 1. The average Bonchev–Trinajstić information content (AvgIpc) is 2.40. The van der Waals surface area contributed by atoms with Crippen LogP contribution < -0.4 is 10.6 Å². The lowest BCUT2D eigenvalue weighted by molar-refractivity contribution is 0.620. The van der Waals surface area contributed by atoms with Gasteiger partial charge >= 0.3 is 0 Å². The Bertz CT molecular complexity index is 617.